The Morgan fingerprint density at radius 1 is 0.964 bits per heavy atom. The molecule has 0 radical (unpaired) electrons. The molecule has 0 bridgehead atoms. The highest BCUT2D eigenvalue weighted by Crippen LogP contribution is 2.17. The number of fused-ring (bicyclic) bond motifs is 2. The van der Waals surface area contributed by atoms with Crippen LogP contribution in [0.4, 0.5) is 5.69 Å². The fraction of sp³-hybridized carbons (Fsp3) is 0.0909. The lowest BCUT2D eigenvalue weighted by Crippen LogP contribution is -2.21. The second-order valence-corrected chi connectivity index (χ2v) is 6.82. The lowest BCUT2D eigenvalue weighted by atomic mass is 10.1. The third-order valence-electron chi connectivity index (χ3n) is 4.86. The summed E-state index contributed by atoms with van der Waals surface area (Å²) >= 11 is 0. The molecule has 0 saturated carbocycles. The van der Waals surface area contributed by atoms with Crippen LogP contribution in [-0.2, 0) is 13.1 Å². The highest BCUT2D eigenvalue weighted by Gasteiger charge is 2.07. The molecule has 3 heterocycles. The van der Waals surface area contributed by atoms with Crippen LogP contribution >= 0.6 is 0 Å². The average molecular weight is 369 g/mol. The van der Waals surface area contributed by atoms with Crippen LogP contribution in [0.2, 0.25) is 0 Å². The summed E-state index contributed by atoms with van der Waals surface area (Å²) in [4.78, 5) is 15.7. The zero-order valence-electron chi connectivity index (χ0n) is 15.2. The number of benzene rings is 2. The van der Waals surface area contributed by atoms with Crippen LogP contribution in [0, 0.1) is 0 Å². The number of anilines is 1. The molecule has 6 nitrogen and oxygen atoms in total. The first-order valence-corrected chi connectivity index (χ1v) is 9.19. The lowest BCUT2D eigenvalue weighted by molar-refractivity contribution is 0.659. The second kappa shape index (κ2) is 6.74. The van der Waals surface area contributed by atoms with E-state index >= 15 is 0 Å². The Hall–Kier alpha value is -3.80. The Morgan fingerprint density at radius 2 is 1.93 bits per heavy atom. The largest absolute Gasteiger partial charge is 0.381 e. The van der Waals surface area contributed by atoms with Crippen molar-refractivity contribution in [3.63, 3.8) is 0 Å². The molecule has 2 N–H and O–H groups in total. The summed E-state index contributed by atoms with van der Waals surface area (Å²) in [5, 5.41) is 9.07. The van der Waals surface area contributed by atoms with Crippen LogP contribution in [0.25, 0.3) is 16.6 Å². The van der Waals surface area contributed by atoms with E-state index < -0.39 is 0 Å². The molecule has 0 aliphatic heterocycles. The zero-order chi connectivity index (χ0) is 18.9. The minimum atomic E-state index is -0.131. The highest BCUT2D eigenvalue weighted by atomic mass is 16.2. The lowest BCUT2D eigenvalue weighted by Gasteiger charge is -2.09. The van der Waals surface area contributed by atoms with Crippen molar-refractivity contribution in [1.29, 1.82) is 0 Å². The summed E-state index contributed by atoms with van der Waals surface area (Å²) in [5.41, 5.74) is 4.92. The van der Waals surface area contributed by atoms with Crippen LogP contribution in [0.15, 0.2) is 83.9 Å². The number of rotatable bonds is 5. The van der Waals surface area contributed by atoms with Gasteiger partial charge in [0, 0.05) is 30.1 Å². The first-order valence-electron chi connectivity index (χ1n) is 9.19. The molecule has 0 aliphatic carbocycles. The van der Waals surface area contributed by atoms with E-state index in [-0.39, 0.29) is 5.69 Å². The average Bonchev–Trinajstić information content (AvgIpc) is 3.31. The Bertz CT molecular complexity index is 1330. The molecular formula is C22H19N5O. The number of hydrogen-bond acceptors (Lipinski definition) is 3. The normalized spacial score (nSPS) is 11.3. The zero-order valence-corrected chi connectivity index (χ0v) is 15.2. The second-order valence-electron chi connectivity index (χ2n) is 6.82. The summed E-state index contributed by atoms with van der Waals surface area (Å²) < 4.78 is 3.05. The summed E-state index contributed by atoms with van der Waals surface area (Å²) in [5.74, 6) is 0. The third-order valence-corrected chi connectivity index (χ3v) is 4.86. The van der Waals surface area contributed by atoms with E-state index in [1.165, 1.54) is 15.6 Å². The van der Waals surface area contributed by atoms with Gasteiger partial charge in [0.25, 0.3) is 0 Å². The summed E-state index contributed by atoms with van der Waals surface area (Å²) in [6, 6.07) is 22.1. The monoisotopic (exact) mass is 369 g/mol. The predicted octanol–water partition coefficient (Wildman–Crippen LogP) is 3.64. The van der Waals surface area contributed by atoms with Gasteiger partial charge in [0.2, 0.25) is 0 Å². The van der Waals surface area contributed by atoms with E-state index in [4.69, 9.17) is 0 Å². The van der Waals surface area contributed by atoms with Crippen molar-refractivity contribution in [2.24, 2.45) is 0 Å². The Labute approximate surface area is 161 Å². The van der Waals surface area contributed by atoms with Crippen molar-refractivity contribution < 1.29 is 0 Å². The van der Waals surface area contributed by atoms with Crippen LogP contribution in [-0.4, -0.2) is 19.2 Å². The molecule has 3 aromatic heterocycles. The van der Waals surface area contributed by atoms with Gasteiger partial charge in [-0.1, -0.05) is 24.3 Å². The van der Waals surface area contributed by atoms with Crippen molar-refractivity contribution in [3.05, 3.63) is 101 Å². The van der Waals surface area contributed by atoms with Gasteiger partial charge in [-0.05, 0) is 59.0 Å². The summed E-state index contributed by atoms with van der Waals surface area (Å²) in [7, 11) is 0. The van der Waals surface area contributed by atoms with Crippen molar-refractivity contribution >= 4 is 22.2 Å². The molecule has 6 heteroatoms. The summed E-state index contributed by atoms with van der Waals surface area (Å²) in [6.45, 7) is 1.17. The molecule has 2 aromatic carbocycles. The van der Waals surface area contributed by atoms with Crippen LogP contribution in [0.5, 0.6) is 0 Å². The van der Waals surface area contributed by atoms with E-state index in [0.29, 0.717) is 12.2 Å². The molecule has 5 aromatic rings. The Kier molecular flexibility index (Phi) is 3.94. The fourth-order valence-electron chi connectivity index (χ4n) is 3.44. The van der Waals surface area contributed by atoms with E-state index in [0.717, 1.165) is 23.3 Å². The number of aromatic nitrogens is 4. The number of nitrogens with zero attached hydrogens (tertiary/aromatic N) is 3. The van der Waals surface area contributed by atoms with Gasteiger partial charge >= 0.3 is 5.69 Å². The van der Waals surface area contributed by atoms with Crippen LogP contribution in [0.1, 0.15) is 11.1 Å². The maximum absolute atomic E-state index is 12.5. The maximum atomic E-state index is 12.5. The minimum absolute atomic E-state index is 0.131. The summed E-state index contributed by atoms with van der Waals surface area (Å²) in [6.07, 6.45) is 3.69. The Balaban J connectivity index is 1.34. The van der Waals surface area contributed by atoms with Gasteiger partial charge in [-0.15, -0.1) is 5.10 Å². The molecule has 0 saturated heterocycles. The quantitative estimate of drug-likeness (QED) is 0.497. The van der Waals surface area contributed by atoms with E-state index in [9.17, 15) is 4.79 Å². The van der Waals surface area contributed by atoms with Gasteiger partial charge in [-0.2, -0.15) is 0 Å². The van der Waals surface area contributed by atoms with Crippen molar-refractivity contribution in [2.75, 3.05) is 5.32 Å². The van der Waals surface area contributed by atoms with Gasteiger partial charge in [0.1, 0.15) is 0 Å². The highest BCUT2D eigenvalue weighted by molar-refractivity contribution is 5.80. The predicted molar refractivity (Wildman–Crippen MR) is 111 cm³/mol. The number of hydrogen-bond donors (Lipinski definition) is 2. The molecule has 138 valence electrons. The van der Waals surface area contributed by atoms with Crippen LogP contribution < -0.4 is 11.0 Å². The topological polar surface area (TPSA) is 67.1 Å². The van der Waals surface area contributed by atoms with Gasteiger partial charge < -0.3 is 10.3 Å². The number of H-pyrrole nitrogens is 1. The minimum Gasteiger partial charge on any atom is -0.381 e. The SMILES string of the molecule is O=c1n(Cc2cccc(NCc3ccc4[nH]ccc4c3)c2)nc2ccccn12. The molecule has 0 aliphatic rings. The third kappa shape index (κ3) is 3.05. The standard InChI is InChI=1S/C22H19N5O/c28-22-26-11-2-1-6-21(26)25-27(22)15-17-4-3-5-19(13-17)24-14-16-7-8-20-18(12-16)9-10-23-20/h1-13,23-24H,14-15H2. The fourth-order valence-corrected chi connectivity index (χ4v) is 3.44. The van der Waals surface area contributed by atoms with Crippen molar-refractivity contribution in [1.82, 2.24) is 19.2 Å². The van der Waals surface area contributed by atoms with E-state index in [2.05, 4.69) is 45.7 Å². The van der Waals surface area contributed by atoms with Crippen molar-refractivity contribution in [3.8, 4) is 0 Å². The molecule has 0 unspecified atom stereocenters. The molecule has 0 amide bonds. The molecule has 0 spiro atoms. The van der Waals surface area contributed by atoms with Gasteiger partial charge in [-0.25, -0.2) is 9.48 Å². The maximum Gasteiger partial charge on any atom is 0.350 e. The number of pyridine rings is 1. The molecule has 5 rings (SSSR count). The molecule has 0 fully saturated rings. The number of nitrogens with one attached hydrogen (secondary N) is 2. The first-order chi connectivity index (χ1) is 13.8. The van der Waals surface area contributed by atoms with Crippen LogP contribution in [0.3, 0.4) is 0 Å². The van der Waals surface area contributed by atoms with Gasteiger partial charge in [0.15, 0.2) is 5.65 Å². The molecular weight excluding hydrogens is 350 g/mol. The van der Waals surface area contributed by atoms with E-state index in [1.807, 2.05) is 42.6 Å². The van der Waals surface area contributed by atoms with Crippen molar-refractivity contribution in [2.45, 2.75) is 13.1 Å². The van der Waals surface area contributed by atoms with Gasteiger partial charge in [-0.3, -0.25) is 4.40 Å². The number of aromatic amines is 1. The molecule has 28 heavy (non-hydrogen) atoms. The van der Waals surface area contributed by atoms with E-state index in [1.54, 1.807) is 10.6 Å². The molecule has 0 atom stereocenters. The first kappa shape index (κ1) is 16.4. The smallest absolute Gasteiger partial charge is 0.350 e. The Morgan fingerprint density at radius 3 is 2.86 bits per heavy atom. The van der Waals surface area contributed by atoms with Gasteiger partial charge in [0.05, 0.1) is 6.54 Å².